The van der Waals surface area contributed by atoms with Crippen molar-refractivity contribution in [3.8, 4) is 0 Å². The third-order valence-electron chi connectivity index (χ3n) is 6.91. The van der Waals surface area contributed by atoms with E-state index in [1.807, 2.05) is 0 Å². The van der Waals surface area contributed by atoms with E-state index < -0.39 is 0 Å². The highest BCUT2D eigenvalue weighted by Crippen LogP contribution is 2.38. The van der Waals surface area contributed by atoms with Crippen molar-refractivity contribution in [1.82, 2.24) is 0 Å². The molecule has 0 bridgehead atoms. The summed E-state index contributed by atoms with van der Waals surface area (Å²) in [4.78, 5) is 0. The topological polar surface area (TPSA) is 36.9 Å². The standard InChI is InChI=1S/C22H36B2O4/c1-10-11-12-16-13-17(23-25-19(2,3)20(4,5)26-23)15-18(14-16)24-27-21(6,7)22(8,9)28-24/h13-15H,10-12H2,1-9H3. The summed E-state index contributed by atoms with van der Waals surface area (Å²) in [7, 11) is -0.763. The molecule has 1 aromatic carbocycles. The summed E-state index contributed by atoms with van der Waals surface area (Å²) in [5.41, 5.74) is 1.92. The fraction of sp³-hybridized carbons (Fsp3) is 0.727. The number of unbranched alkanes of at least 4 members (excludes halogenated alkanes) is 1. The molecule has 0 unspecified atom stereocenters. The zero-order valence-corrected chi connectivity index (χ0v) is 19.1. The molecular weight excluding hydrogens is 350 g/mol. The SMILES string of the molecule is CCCCc1cc(B2OC(C)(C)C(C)(C)O2)cc(B2OC(C)(C)C(C)(C)O2)c1. The molecule has 28 heavy (non-hydrogen) atoms. The molecule has 0 spiro atoms. The summed E-state index contributed by atoms with van der Waals surface area (Å²) in [6.45, 7) is 18.9. The maximum Gasteiger partial charge on any atom is 0.494 e. The predicted octanol–water partition coefficient (Wildman–Crippen LogP) is 3.63. The molecule has 4 nitrogen and oxygen atoms in total. The molecule has 0 N–H and O–H groups in total. The Bertz CT molecular complexity index is 641. The molecule has 2 saturated heterocycles. The molecule has 0 atom stereocenters. The van der Waals surface area contributed by atoms with Crippen LogP contribution in [0.25, 0.3) is 0 Å². The van der Waals surface area contributed by atoms with E-state index in [1.165, 1.54) is 5.56 Å². The summed E-state index contributed by atoms with van der Waals surface area (Å²) in [6, 6.07) is 6.55. The van der Waals surface area contributed by atoms with E-state index >= 15 is 0 Å². The Hall–Kier alpha value is -0.810. The number of aryl methyl sites for hydroxylation is 1. The smallest absolute Gasteiger partial charge is 0.399 e. The van der Waals surface area contributed by atoms with Crippen molar-refractivity contribution < 1.29 is 18.6 Å². The van der Waals surface area contributed by atoms with Gasteiger partial charge < -0.3 is 18.6 Å². The van der Waals surface area contributed by atoms with E-state index in [-0.39, 0.29) is 36.6 Å². The lowest BCUT2D eigenvalue weighted by Crippen LogP contribution is -2.41. The predicted molar refractivity (Wildman–Crippen MR) is 116 cm³/mol. The molecule has 0 saturated carbocycles. The average Bonchev–Trinajstić information content (AvgIpc) is 2.92. The number of rotatable bonds is 5. The van der Waals surface area contributed by atoms with E-state index in [0.29, 0.717) is 0 Å². The Kier molecular flexibility index (Phi) is 5.59. The zero-order valence-electron chi connectivity index (χ0n) is 19.1. The lowest BCUT2D eigenvalue weighted by Gasteiger charge is -2.32. The van der Waals surface area contributed by atoms with Crippen LogP contribution in [0.4, 0.5) is 0 Å². The van der Waals surface area contributed by atoms with Crippen molar-refractivity contribution in [2.45, 2.75) is 104 Å². The maximum absolute atomic E-state index is 6.31. The van der Waals surface area contributed by atoms with Gasteiger partial charge in [-0.1, -0.05) is 31.5 Å². The molecule has 0 aromatic heterocycles. The van der Waals surface area contributed by atoms with Crippen molar-refractivity contribution in [3.05, 3.63) is 23.8 Å². The largest absolute Gasteiger partial charge is 0.494 e. The summed E-state index contributed by atoms with van der Waals surface area (Å²) in [5.74, 6) is 0. The highest BCUT2D eigenvalue weighted by molar-refractivity contribution is 6.66. The highest BCUT2D eigenvalue weighted by Gasteiger charge is 2.54. The van der Waals surface area contributed by atoms with Crippen LogP contribution in [0.1, 0.15) is 80.7 Å². The molecule has 6 heteroatoms. The van der Waals surface area contributed by atoms with E-state index in [9.17, 15) is 0 Å². The van der Waals surface area contributed by atoms with Gasteiger partial charge in [-0.3, -0.25) is 0 Å². The monoisotopic (exact) mass is 386 g/mol. The van der Waals surface area contributed by atoms with Gasteiger partial charge in [0, 0.05) is 0 Å². The Labute approximate surface area is 171 Å². The van der Waals surface area contributed by atoms with Gasteiger partial charge in [-0.05, 0) is 84.7 Å². The van der Waals surface area contributed by atoms with Gasteiger partial charge in [0.25, 0.3) is 0 Å². The normalized spacial score (nSPS) is 24.8. The van der Waals surface area contributed by atoms with Crippen LogP contribution in [0.3, 0.4) is 0 Å². The van der Waals surface area contributed by atoms with Crippen molar-refractivity contribution in [2.24, 2.45) is 0 Å². The van der Waals surface area contributed by atoms with Gasteiger partial charge in [0.15, 0.2) is 0 Å². The fourth-order valence-corrected chi connectivity index (χ4v) is 3.50. The van der Waals surface area contributed by atoms with Gasteiger partial charge in [-0.15, -0.1) is 0 Å². The molecule has 0 radical (unpaired) electrons. The van der Waals surface area contributed by atoms with Crippen molar-refractivity contribution in [1.29, 1.82) is 0 Å². The van der Waals surface area contributed by atoms with Crippen LogP contribution < -0.4 is 10.9 Å². The number of hydrogen-bond acceptors (Lipinski definition) is 4. The van der Waals surface area contributed by atoms with E-state index in [2.05, 4.69) is 80.5 Å². The third-order valence-corrected chi connectivity index (χ3v) is 6.91. The van der Waals surface area contributed by atoms with Crippen LogP contribution in [0.15, 0.2) is 18.2 Å². The Morgan fingerprint density at radius 3 is 1.32 bits per heavy atom. The maximum atomic E-state index is 6.31. The minimum atomic E-state index is -0.382. The molecule has 0 aliphatic carbocycles. The summed E-state index contributed by atoms with van der Waals surface area (Å²) < 4.78 is 25.2. The Morgan fingerprint density at radius 1 is 0.643 bits per heavy atom. The molecule has 2 fully saturated rings. The van der Waals surface area contributed by atoms with Gasteiger partial charge in [0.2, 0.25) is 0 Å². The number of benzene rings is 1. The average molecular weight is 386 g/mol. The van der Waals surface area contributed by atoms with Gasteiger partial charge in [0.05, 0.1) is 22.4 Å². The van der Waals surface area contributed by atoms with Crippen molar-refractivity contribution >= 4 is 25.2 Å². The lowest BCUT2D eigenvalue weighted by atomic mass is 9.70. The Morgan fingerprint density at radius 2 is 1.00 bits per heavy atom. The van der Waals surface area contributed by atoms with E-state index in [1.54, 1.807) is 0 Å². The molecule has 3 rings (SSSR count). The van der Waals surface area contributed by atoms with Gasteiger partial charge in [-0.25, -0.2) is 0 Å². The minimum Gasteiger partial charge on any atom is -0.399 e. The van der Waals surface area contributed by atoms with Crippen LogP contribution in [0.5, 0.6) is 0 Å². The van der Waals surface area contributed by atoms with E-state index in [4.69, 9.17) is 18.6 Å². The third kappa shape index (κ3) is 3.94. The number of hydrogen-bond donors (Lipinski definition) is 0. The first kappa shape index (κ1) is 21.9. The molecular formula is C22H36B2O4. The minimum absolute atomic E-state index is 0.360. The first-order chi connectivity index (χ1) is 12.8. The molecule has 2 aliphatic heterocycles. The van der Waals surface area contributed by atoms with Gasteiger partial charge in [0.1, 0.15) is 0 Å². The van der Waals surface area contributed by atoms with Crippen molar-refractivity contribution in [3.63, 3.8) is 0 Å². The zero-order chi connectivity index (χ0) is 21.0. The van der Waals surface area contributed by atoms with Gasteiger partial charge in [-0.2, -0.15) is 0 Å². The first-order valence-electron chi connectivity index (χ1n) is 10.6. The molecule has 2 heterocycles. The first-order valence-corrected chi connectivity index (χ1v) is 10.6. The molecule has 154 valence electrons. The van der Waals surface area contributed by atoms with E-state index in [0.717, 1.165) is 30.2 Å². The van der Waals surface area contributed by atoms with Crippen LogP contribution in [-0.4, -0.2) is 36.6 Å². The summed E-state index contributed by atoms with van der Waals surface area (Å²) in [5, 5.41) is 0. The van der Waals surface area contributed by atoms with Crippen molar-refractivity contribution in [2.75, 3.05) is 0 Å². The van der Waals surface area contributed by atoms with Crippen LogP contribution in [0.2, 0.25) is 0 Å². The summed E-state index contributed by atoms with van der Waals surface area (Å²) in [6.07, 6.45) is 3.33. The summed E-state index contributed by atoms with van der Waals surface area (Å²) >= 11 is 0. The van der Waals surface area contributed by atoms with Crippen LogP contribution in [0, 0.1) is 0 Å². The van der Waals surface area contributed by atoms with Crippen LogP contribution in [-0.2, 0) is 25.0 Å². The molecule has 1 aromatic rings. The fourth-order valence-electron chi connectivity index (χ4n) is 3.50. The molecule has 0 amide bonds. The Balaban J connectivity index is 1.95. The van der Waals surface area contributed by atoms with Gasteiger partial charge >= 0.3 is 14.2 Å². The molecule has 2 aliphatic rings. The second-order valence-electron chi connectivity index (χ2n) is 10.3. The quantitative estimate of drug-likeness (QED) is 0.725. The highest BCUT2D eigenvalue weighted by atomic mass is 16.7. The second kappa shape index (κ2) is 7.16. The van der Waals surface area contributed by atoms with Crippen LogP contribution >= 0.6 is 0 Å². The second-order valence-corrected chi connectivity index (χ2v) is 10.3. The lowest BCUT2D eigenvalue weighted by molar-refractivity contribution is 0.00578.